The predicted molar refractivity (Wildman–Crippen MR) is 83.6 cm³/mol. The molecule has 1 fully saturated rings. The van der Waals surface area contributed by atoms with Crippen LogP contribution in [0, 0.1) is 0 Å². The number of primary amides is 1. The minimum Gasteiger partial charge on any atom is -0.394 e. The van der Waals surface area contributed by atoms with Crippen molar-refractivity contribution in [1.82, 2.24) is 9.55 Å². The van der Waals surface area contributed by atoms with Crippen molar-refractivity contribution in [1.29, 1.82) is 0 Å². The SMILES string of the molecule is NC(=O)c1nc(-c2ccccc2)n([C@@H]2O[C@H](CO)[C@@H](O)[C@H]2O)c1N. The molecule has 9 nitrogen and oxygen atoms in total. The Balaban J connectivity index is 2.15. The van der Waals surface area contributed by atoms with Gasteiger partial charge in [-0.2, -0.15) is 0 Å². The molecule has 0 radical (unpaired) electrons. The molecule has 2 heterocycles. The van der Waals surface area contributed by atoms with Crippen molar-refractivity contribution >= 4 is 11.7 Å². The molecule has 1 aromatic heterocycles. The Labute approximate surface area is 137 Å². The first-order valence-electron chi connectivity index (χ1n) is 7.31. The number of hydrogen-bond acceptors (Lipinski definition) is 7. The van der Waals surface area contributed by atoms with Gasteiger partial charge in [-0.1, -0.05) is 30.3 Å². The number of carbonyl (C=O) groups is 1. The van der Waals surface area contributed by atoms with Crippen LogP contribution in [-0.4, -0.2) is 55.7 Å². The van der Waals surface area contributed by atoms with Crippen LogP contribution < -0.4 is 11.5 Å². The van der Waals surface area contributed by atoms with E-state index < -0.39 is 37.1 Å². The second kappa shape index (κ2) is 6.21. The lowest BCUT2D eigenvalue weighted by molar-refractivity contribution is -0.0510. The van der Waals surface area contributed by atoms with Crippen LogP contribution in [0.2, 0.25) is 0 Å². The number of aliphatic hydroxyl groups is 3. The molecule has 0 aliphatic carbocycles. The van der Waals surface area contributed by atoms with E-state index in [4.69, 9.17) is 16.2 Å². The normalized spacial score (nSPS) is 26.6. The predicted octanol–water partition coefficient (Wildman–Crippen LogP) is -1.16. The van der Waals surface area contributed by atoms with Crippen LogP contribution in [0.4, 0.5) is 5.82 Å². The molecular formula is C15H18N4O5. The van der Waals surface area contributed by atoms with E-state index in [2.05, 4.69) is 4.98 Å². The van der Waals surface area contributed by atoms with Crippen LogP contribution in [0.1, 0.15) is 16.7 Å². The highest BCUT2D eigenvalue weighted by molar-refractivity contribution is 5.96. The zero-order chi connectivity index (χ0) is 17.4. The Morgan fingerprint density at radius 1 is 1.25 bits per heavy atom. The van der Waals surface area contributed by atoms with Gasteiger partial charge in [-0.15, -0.1) is 0 Å². The third kappa shape index (κ3) is 2.53. The van der Waals surface area contributed by atoms with Crippen LogP contribution in [0.5, 0.6) is 0 Å². The number of imidazole rings is 1. The first-order valence-corrected chi connectivity index (χ1v) is 7.31. The van der Waals surface area contributed by atoms with Crippen LogP contribution in [0.3, 0.4) is 0 Å². The molecule has 7 N–H and O–H groups in total. The third-order valence-electron chi connectivity index (χ3n) is 3.99. The first kappa shape index (κ1) is 16.4. The molecular weight excluding hydrogens is 316 g/mol. The lowest BCUT2D eigenvalue weighted by Gasteiger charge is -2.20. The minimum atomic E-state index is -1.36. The van der Waals surface area contributed by atoms with Gasteiger partial charge in [0.1, 0.15) is 30.0 Å². The fourth-order valence-corrected chi connectivity index (χ4v) is 2.77. The molecule has 9 heteroatoms. The topological polar surface area (TPSA) is 157 Å². The number of anilines is 1. The van der Waals surface area contributed by atoms with Crippen molar-refractivity contribution in [3.63, 3.8) is 0 Å². The fourth-order valence-electron chi connectivity index (χ4n) is 2.77. The summed E-state index contributed by atoms with van der Waals surface area (Å²) in [7, 11) is 0. The summed E-state index contributed by atoms with van der Waals surface area (Å²) in [6.07, 6.45) is -4.76. The van der Waals surface area contributed by atoms with Crippen LogP contribution in [-0.2, 0) is 4.74 Å². The monoisotopic (exact) mass is 334 g/mol. The highest BCUT2D eigenvalue weighted by Crippen LogP contribution is 2.36. The van der Waals surface area contributed by atoms with E-state index in [9.17, 15) is 20.1 Å². The van der Waals surface area contributed by atoms with Crippen molar-refractivity contribution in [2.75, 3.05) is 12.3 Å². The Bertz CT molecular complexity index is 748. The van der Waals surface area contributed by atoms with E-state index in [1.807, 2.05) is 6.07 Å². The molecule has 1 aromatic carbocycles. The van der Waals surface area contributed by atoms with Gasteiger partial charge >= 0.3 is 0 Å². The number of ether oxygens (including phenoxy) is 1. The highest BCUT2D eigenvalue weighted by Gasteiger charge is 2.45. The van der Waals surface area contributed by atoms with E-state index in [0.717, 1.165) is 0 Å². The van der Waals surface area contributed by atoms with Gasteiger partial charge in [0.2, 0.25) is 0 Å². The van der Waals surface area contributed by atoms with Gasteiger partial charge in [-0.3, -0.25) is 9.36 Å². The number of benzene rings is 1. The summed E-state index contributed by atoms with van der Waals surface area (Å²) in [4.78, 5) is 15.7. The lowest BCUT2D eigenvalue weighted by atomic mass is 10.1. The van der Waals surface area contributed by atoms with Crippen molar-refractivity contribution in [2.45, 2.75) is 24.5 Å². The highest BCUT2D eigenvalue weighted by atomic mass is 16.6. The molecule has 24 heavy (non-hydrogen) atoms. The van der Waals surface area contributed by atoms with Gasteiger partial charge in [0.15, 0.2) is 11.9 Å². The van der Waals surface area contributed by atoms with Crippen molar-refractivity contribution in [2.24, 2.45) is 5.73 Å². The largest absolute Gasteiger partial charge is 0.394 e. The van der Waals surface area contributed by atoms with E-state index >= 15 is 0 Å². The second-order valence-corrected chi connectivity index (χ2v) is 5.50. The summed E-state index contributed by atoms with van der Waals surface area (Å²) in [5.74, 6) is -0.650. The average molecular weight is 334 g/mol. The average Bonchev–Trinajstić information content (AvgIpc) is 3.06. The molecule has 1 amide bonds. The van der Waals surface area contributed by atoms with Crippen LogP contribution >= 0.6 is 0 Å². The zero-order valence-electron chi connectivity index (χ0n) is 12.6. The summed E-state index contributed by atoms with van der Waals surface area (Å²) >= 11 is 0. The van der Waals surface area contributed by atoms with Crippen LogP contribution in [0.15, 0.2) is 30.3 Å². The van der Waals surface area contributed by atoms with Gasteiger partial charge in [0, 0.05) is 5.56 Å². The molecule has 0 spiro atoms. The van der Waals surface area contributed by atoms with Gasteiger partial charge in [-0.25, -0.2) is 4.98 Å². The maximum atomic E-state index is 11.6. The Morgan fingerprint density at radius 3 is 2.46 bits per heavy atom. The number of hydrogen-bond donors (Lipinski definition) is 5. The summed E-state index contributed by atoms with van der Waals surface area (Å²) in [6, 6.07) is 8.83. The zero-order valence-corrected chi connectivity index (χ0v) is 12.6. The lowest BCUT2D eigenvalue weighted by Crippen LogP contribution is -2.33. The second-order valence-electron chi connectivity index (χ2n) is 5.50. The number of aromatic nitrogens is 2. The fraction of sp³-hybridized carbons (Fsp3) is 0.333. The van der Waals surface area contributed by atoms with Gasteiger partial charge in [0.05, 0.1) is 6.61 Å². The van der Waals surface area contributed by atoms with Crippen molar-refractivity contribution < 1.29 is 24.9 Å². The molecule has 1 saturated heterocycles. The maximum absolute atomic E-state index is 11.6. The molecule has 2 aromatic rings. The van der Waals surface area contributed by atoms with Gasteiger partial charge < -0.3 is 31.5 Å². The Kier molecular flexibility index (Phi) is 4.24. The quantitative estimate of drug-likeness (QED) is 0.472. The molecule has 4 atom stereocenters. The molecule has 3 rings (SSSR count). The van der Waals surface area contributed by atoms with Gasteiger partial charge in [-0.05, 0) is 0 Å². The number of nitrogens with two attached hydrogens (primary N) is 2. The van der Waals surface area contributed by atoms with Crippen LogP contribution in [0.25, 0.3) is 11.4 Å². The summed E-state index contributed by atoms with van der Waals surface area (Å²) in [5, 5.41) is 29.4. The number of nitrogens with zero attached hydrogens (tertiary/aromatic N) is 2. The number of nitrogen functional groups attached to an aromatic ring is 1. The first-order chi connectivity index (χ1) is 11.5. The Hall–Kier alpha value is -2.46. The maximum Gasteiger partial charge on any atom is 0.271 e. The standard InChI is InChI=1S/C15H18N4O5/c16-12-9(13(17)23)18-14(7-4-2-1-3-5-7)19(12)15-11(22)10(21)8(6-20)24-15/h1-5,8,10-11,15,20-22H,6,16H2,(H2,17,23)/t8-,10-,11-,15-/m1/s1. The van der Waals surface area contributed by atoms with Crippen molar-refractivity contribution in [3.8, 4) is 11.4 Å². The summed E-state index contributed by atoms with van der Waals surface area (Å²) in [6.45, 7) is -0.479. The Morgan fingerprint density at radius 2 is 1.92 bits per heavy atom. The molecule has 1 aliphatic heterocycles. The third-order valence-corrected chi connectivity index (χ3v) is 3.99. The molecule has 128 valence electrons. The molecule has 0 bridgehead atoms. The van der Waals surface area contributed by atoms with E-state index in [1.165, 1.54) is 4.57 Å². The van der Waals surface area contributed by atoms with Gasteiger partial charge in [0.25, 0.3) is 5.91 Å². The van der Waals surface area contributed by atoms with Crippen molar-refractivity contribution in [3.05, 3.63) is 36.0 Å². The molecule has 0 unspecified atom stereocenters. The summed E-state index contributed by atoms with van der Waals surface area (Å²) < 4.78 is 6.80. The minimum absolute atomic E-state index is 0.0869. The van der Waals surface area contributed by atoms with E-state index in [0.29, 0.717) is 5.56 Å². The molecule has 1 aliphatic rings. The number of carbonyl (C=O) groups excluding carboxylic acids is 1. The molecule has 0 saturated carbocycles. The number of rotatable bonds is 4. The smallest absolute Gasteiger partial charge is 0.271 e. The summed E-state index contributed by atoms with van der Waals surface area (Å²) in [5.41, 5.74) is 11.7. The number of aliphatic hydroxyl groups excluding tert-OH is 3. The number of amides is 1. The van der Waals surface area contributed by atoms with E-state index in [1.54, 1.807) is 24.3 Å². The van der Waals surface area contributed by atoms with E-state index in [-0.39, 0.29) is 17.3 Å².